The van der Waals surface area contributed by atoms with Gasteiger partial charge in [0.15, 0.2) is 0 Å². The Labute approximate surface area is 151 Å². The first-order valence-electron chi connectivity index (χ1n) is 8.21. The lowest BCUT2D eigenvalue weighted by Crippen LogP contribution is -2.43. The molecule has 1 unspecified atom stereocenters. The largest absolute Gasteiger partial charge is 0.310 e. The van der Waals surface area contributed by atoms with E-state index in [4.69, 9.17) is 0 Å². The van der Waals surface area contributed by atoms with E-state index >= 15 is 0 Å². The van der Waals surface area contributed by atoms with Crippen LogP contribution in [0.25, 0.3) is 0 Å². The van der Waals surface area contributed by atoms with Crippen LogP contribution in [0.4, 0.5) is 10.2 Å². The maximum Gasteiger partial charge on any atom is 0.243 e. The summed E-state index contributed by atoms with van der Waals surface area (Å²) in [5.74, 6) is -0.864. The first-order valence-corrected chi connectivity index (χ1v) is 9.65. The highest BCUT2D eigenvalue weighted by molar-refractivity contribution is 7.89. The van der Waals surface area contributed by atoms with E-state index in [1.165, 1.54) is 22.8 Å². The van der Waals surface area contributed by atoms with Gasteiger partial charge in [-0.15, -0.1) is 0 Å². The zero-order valence-corrected chi connectivity index (χ0v) is 15.0. The third-order valence-electron chi connectivity index (χ3n) is 4.26. The zero-order chi connectivity index (χ0) is 18.7. The van der Waals surface area contributed by atoms with Gasteiger partial charge in [0.05, 0.1) is 10.8 Å². The van der Waals surface area contributed by atoms with Crippen LogP contribution in [0.5, 0.6) is 0 Å². The van der Waals surface area contributed by atoms with Crippen LogP contribution < -0.4 is 5.32 Å². The van der Waals surface area contributed by atoms with E-state index in [1.807, 2.05) is 0 Å². The predicted octanol–water partition coefficient (Wildman–Crippen LogP) is 1.96. The van der Waals surface area contributed by atoms with Gasteiger partial charge in [0, 0.05) is 24.8 Å². The number of sulfonamides is 1. The molecule has 7 nitrogen and oxygen atoms in total. The number of nitrogens with one attached hydrogen (secondary N) is 1. The Balaban J connectivity index is 1.72. The van der Waals surface area contributed by atoms with Crippen molar-refractivity contribution in [2.24, 2.45) is 5.92 Å². The van der Waals surface area contributed by atoms with Crippen LogP contribution in [0.1, 0.15) is 18.5 Å². The number of hydrogen-bond acceptors (Lipinski definition) is 5. The summed E-state index contributed by atoms with van der Waals surface area (Å²) < 4.78 is 39.8. The molecule has 1 aromatic heterocycles. The van der Waals surface area contributed by atoms with E-state index in [2.05, 4.69) is 15.3 Å². The molecule has 3 rings (SSSR count). The van der Waals surface area contributed by atoms with Crippen LogP contribution in [-0.4, -0.2) is 41.7 Å². The molecule has 1 amide bonds. The average Bonchev–Trinajstić information content (AvgIpc) is 2.62. The van der Waals surface area contributed by atoms with Crippen molar-refractivity contribution in [3.63, 3.8) is 0 Å². The number of carbonyl (C=O) groups excluding carboxylic acids is 1. The second-order valence-corrected chi connectivity index (χ2v) is 8.13. The van der Waals surface area contributed by atoms with Crippen molar-refractivity contribution in [1.29, 1.82) is 0 Å². The number of amides is 1. The molecule has 1 N–H and O–H groups in total. The standard InChI is InChI=1S/C17H19FN4O3S/c1-12-9-16(20-11-19-12)21-17(23)13-3-2-8-22(10-13)26(24,25)15-6-4-14(18)5-7-15/h4-7,9,11,13H,2-3,8,10H2,1H3,(H,19,20,21,23). The fourth-order valence-corrected chi connectivity index (χ4v) is 4.41. The Morgan fingerprint density at radius 1 is 1.27 bits per heavy atom. The molecule has 1 atom stereocenters. The molecule has 1 saturated heterocycles. The van der Waals surface area contributed by atoms with Crippen LogP contribution in [0.3, 0.4) is 0 Å². The van der Waals surface area contributed by atoms with Gasteiger partial charge in [-0.25, -0.2) is 22.8 Å². The zero-order valence-electron chi connectivity index (χ0n) is 14.2. The minimum Gasteiger partial charge on any atom is -0.310 e. The van der Waals surface area contributed by atoms with Crippen molar-refractivity contribution in [1.82, 2.24) is 14.3 Å². The van der Waals surface area contributed by atoms with Gasteiger partial charge in [0.1, 0.15) is 18.0 Å². The lowest BCUT2D eigenvalue weighted by Gasteiger charge is -2.31. The van der Waals surface area contributed by atoms with Gasteiger partial charge in [-0.2, -0.15) is 4.31 Å². The quantitative estimate of drug-likeness (QED) is 0.878. The molecule has 0 bridgehead atoms. The molecular weight excluding hydrogens is 359 g/mol. The maximum absolute atomic E-state index is 13.0. The summed E-state index contributed by atoms with van der Waals surface area (Å²) in [5, 5.41) is 2.71. The number of benzene rings is 1. The van der Waals surface area contributed by atoms with Crippen molar-refractivity contribution in [3.05, 3.63) is 48.2 Å². The Hall–Kier alpha value is -2.39. The minimum absolute atomic E-state index is 0.0198. The number of nitrogens with zero attached hydrogens (tertiary/aromatic N) is 3. The SMILES string of the molecule is Cc1cc(NC(=O)C2CCCN(S(=O)(=O)c3ccc(F)cc3)C2)ncn1. The summed E-state index contributed by atoms with van der Waals surface area (Å²) >= 11 is 0. The van der Waals surface area contributed by atoms with Crippen molar-refractivity contribution in [3.8, 4) is 0 Å². The molecule has 1 aliphatic heterocycles. The topological polar surface area (TPSA) is 92.3 Å². The molecule has 1 aromatic carbocycles. The molecule has 0 aliphatic carbocycles. The number of hydrogen-bond donors (Lipinski definition) is 1. The smallest absolute Gasteiger partial charge is 0.243 e. The van der Waals surface area contributed by atoms with Gasteiger partial charge in [0.2, 0.25) is 15.9 Å². The van der Waals surface area contributed by atoms with E-state index in [9.17, 15) is 17.6 Å². The van der Waals surface area contributed by atoms with Crippen LogP contribution in [-0.2, 0) is 14.8 Å². The van der Waals surface area contributed by atoms with E-state index in [1.54, 1.807) is 13.0 Å². The van der Waals surface area contributed by atoms with Crippen molar-refractivity contribution >= 4 is 21.7 Å². The van der Waals surface area contributed by atoms with Crippen LogP contribution >= 0.6 is 0 Å². The van der Waals surface area contributed by atoms with E-state index < -0.39 is 21.8 Å². The normalized spacial score (nSPS) is 18.5. The van der Waals surface area contributed by atoms with Crippen LogP contribution in [0, 0.1) is 18.7 Å². The van der Waals surface area contributed by atoms with Gasteiger partial charge in [0.25, 0.3) is 0 Å². The van der Waals surface area contributed by atoms with Gasteiger partial charge >= 0.3 is 0 Å². The summed E-state index contributed by atoms with van der Waals surface area (Å²) in [7, 11) is -3.76. The number of aromatic nitrogens is 2. The highest BCUT2D eigenvalue weighted by atomic mass is 32.2. The highest BCUT2D eigenvalue weighted by Gasteiger charge is 2.33. The maximum atomic E-state index is 13.0. The molecule has 0 spiro atoms. The monoisotopic (exact) mass is 378 g/mol. The lowest BCUT2D eigenvalue weighted by molar-refractivity contribution is -0.120. The minimum atomic E-state index is -3.76. The Morgan fingerprint density at radius 3 is 2.69 bits per heavy atom. The summed E-state index contributed by atoms with van der Waals surface area (Å²) in [6.07, 6.45) is 2.52. The number of halogens is 1. The lowest BCUT2D eigenvalue weighted by atomic mass is 9.99. The molecule has 2 aromatic rings. The number of carbonyl (C=O) groups is 1. The molecule has 9 heteroatoms. The first-order chi connectivity index (χ1) is 12.4. The van der Waals surface area contributed by atoms with Gasteiger partial charge in [-0.05, 0) is 44.0 Å². The van der Waals surface area contributed by atoms with E-state index in [0.717, 1.165) is 17.8 Å². The fourth-order valence-electron chi connectivity index (χ4n) is 2.88. The number of piperidine rings is 1. The molecule has 2 heterocycles. The molecule has 138 valence electrons. The molecule has 1 aliphatic rings. The third kappa shape index (κ3) is 4.05. The number of rotatable bonds is 4. The van der Waals surface area contributed by atoms with Crippen LogP contribution in [0.2, 0.25) is 0 Å². The highest BCUT2D eigenvalue weighted by Crippen LogP contribution is 2.24. The van der Waals surface area contributed by atoms with E-state index in [0.29, 0.717) is 25.2 Å². The molecule has 26 heavy (non-hydrogen) atoms. The summed E-state index contributed by atoms with van der Waals surface area (Å²) in [6.45, 7) is 2.20. The summed E-state index contributed by atoms with van der Waals surface area (Å²) in [4.78, 5) is 20.5. The Morgan fingerprint density at radius 2 is 2.00 bits per heavy atom. The van der Waals surface area contributed by atoms with Gasteiger partial charge < -0.3 is 5.32 Å². The van der Waals surface area contributed by atoms with Crippen molar-refractivity contribution in [2.45, 2.75) is 24.7 Å². The number of aryl methyl sites for hydroxylation is 1. The number of anilines is 1. The fraction of sp³-hybridized carbons (Fsp3) is 0.353. The van der Waals surface area contributed by atoms with Gasteiger partial charge in [-0.3, -0.25) is 4.79 Å². The second-order valence-electron chi connectivity index (χ2n) is 6.19. The predicted molar refractivity (Wildman–Crippen MR) is 93.3 cm³/mol. The Bertz CT molecular complexity index is 902. The van der Waals surface area contributed by atoms with Crippen molar-refractivity contribution in [2.75, 3.05) is 18.4 Å². The third-order valence-corrected chi connectivity index (χ3v) is 6.14. The van der Waals surface area contributed by atoms with Crippen LogP contribution in [0.15, 0.2) is 41.6 Å². The Kier molecular flexibility index (Phi) is 5.28. The average molecular weight is 378 g/mol. The molecule has 0 saturated carbocycles. The van der Waals surface area contributed by atoms with Gasteiger partial charge in [-0.1, -0.05) is 0 Å². The first kappa shape index (κ1) is 18.4. The molecular formula is C17H19FN4O3S. The summed E-state index contributed by atoms with van der Waals surface area (Å²) in [6, 6.07) is 6.33. The second kappa shape index (κ2) is 7.46. The molecule has 0 radical (unpaired) electrons. The summed E-state index contributed by atoms with van der Waals surface area (Å²) in [5.41, 5.74) is 0.722. The molecule has 1 fully saturated rings. The van der Waals surface area contributed by atoms with E-state index in [-0.39, 0.29) is 17.3 Å². The van der Waals surface area contributed by atoms with Crippen molar-refractivity contribution < 1.29 is 17.6 Å².